The van der Waals surface area contributed by atoms with E-state index in [9.17, 15) is 0 Å². The zero-order valence-electron chi connectivity index (χ0n) is 10.8. The standard InChI is InChI=1S/C16H11BrN2O/c1-10-3-2-6-19-9-13(18-16(10)19)15-8-11-7-12(17)4-5-14(11)20-15/h2-9H,1H3. The van der Waals surface area contributed by atoms with Crippen LogP contribution >= 0.6 is 15.9 Å². The fourth-order valence-electron chi connectivity index (χ4n) is 2.41. The molecule has 0 atom stereocenters. The molecule has 0 aliphatic rings. The van der Waals surface area contributed by atoms with E-state index in [4.69, 9.17) is 4.42 Å². The van der Waals surface area contributed by atoms with Crippen LogP contribution < -0.4 is 0 Å². The fraction of sp³-hybridized carbons (Fsp3) is 0.0625. The first-order chi connectivity index (χ1) is 9.70. The van der Waals surface area contributed by atoms with Crippen molar-refractivity contribution in [1.82, 2.24) is 9.38 Å². The Labute approximate surface area is 124 Å². The molecule has 20 heavy (non-hydrogen) atoms. The van der Waals surface area contributed by atoms with Gasteiger partial charge in [0.15, 0.2) is 5.76 Å². The lowest BCUT2D eigenvalue weighted by atomic mass is 10.2. The van der Waals surface area contributed by atoms with Crippen LogP contribution in [-0.2, 0) is 0 Å². The first kappa shape index (κ1) is 11.7. The normalized spacial score (nSPS) is 11.5. The first-order valence-electron chi connectivity index (χ1n) is 6.34. The summed E-state index contributed by atoms with van der Waals surface area (Å²) in [5.74, 6) is 0.793. The van der Waals surface area contributed by atoms with Crippen LogP contribution in [0.25, 0.3) is 28.1 Å². The Hall–Kier alpha value is -2.07. The van der Waals surface area contributed by atoms with Crippen LogP contribution in [0.2, 0.25) is 0 Å². The topological polar surface area (TPSA) is 30.4 Å². The molecule has 0 aliphatic carbocycles. The lowest BCUT2D eigenvalue weighted by Gasteiger charge is -1.93. The predicted molar refractivity (Wildman–Crippen MR) is 82.8 cm³/mol. The van der Waals surface area contributed by atoms with Gasteiger partial charge in [0.05, 0.1) is 0 Å². The molecule has 0 fully saturated rings. The quantitative estimate of drug-likeness (QED) is 0.502. The van der Waals surface area contributed by atoms with Crippen molar-refractivity contribution >= 4 is 32.5 Å². The minimum absolute atomic E-state index is 0.793. The molecule has 1 aromatic carbocycles. The molecular weight excluding hydrogens is 316 g/mol. The summed E-state index contributed by atoms with van der Waals surface area (Å²) >= 11 is 3.47. The second-order valence-corrected chi connectivity index (χ2v) is 5.76. The van der Waals surface area contributed by atoms with E-state index in [-0.39, 0.29) is 0 Å². The van der Waals surface area contributed by atoms with E-state index in [1.54, 1.807) is 0 Å². The third-order valence-electron chi connectivity index (χ3n) is 3.41. The van der Waals surface area contributed by atoms with Gasteiger partial charge in [-0.2, -0.15) is 0 Å². The number of halogens is 1. The summed E-state index contributed by atoms with van der Waals surface area (Å²) in [6.07, 6.45) is 3.99. The Morgan fingerprint density at radius 3 is 2.95 bits per heavy atom. The van der Waals surface area contributed by atoms with Crippen molar-refractivity contribution in [3.8, 4) is 11.5 Å². The van der Waals surface area contributed by atoms with Gasteiger partial charge in [-0.15, -0.1) is 0 Å². The number of pyridine rings is 1. The average molecular weight is 327 g/mol. The van der Waals surface area contributed by atoms with Crippen LogP contribution in [-0.4, -0.2) is 9.38 Å². The number of imidazole rings is 1. The molecule has 4 heteroatoms. The summed E-state index contributed by atoms with van der Waals surface area (Å²) in [4.78, 5) is 4.66. The van der Waals surface area contributed by atoms with Crippen molar-refractivity contribution in [1.29, 1.82) is 0 Å². The molecule has 0 radical (unpaired) electrons. The zero-order chi connectivity index (χ0) is 13.7. The molecule has 0 saturated heterocycles. The summed E-state index contributed by atoms with van der Waals surface area (Å²) in [6.45, 7) is 2.06. The van der Waals surface area contributed by atoms with Gasteiger partial charge >= 0.3 is 0 Å². The molecule has 4 rings (SSSR count). The van der Waals surface area contributed by atoms with Crippen LogP contribution in [0.5, 0.6) is 0 Å². The molecule has 0 amide bonds. The Balaban J connectivity index is 1.94. The lowest BCUT2D eigenvalue weighted by Crippen LogP contribution is -1.83. The third-order valence-corrected chi connectivity index (χ3v) is 3.90. The van der Waals surface area contributed by atoms with Gasteiger partial charge < -0.3 is 8.82 Å². The van der Waals surface area contributed by atoms with Gasteiger partial charge in [0.1, 0.15) is 16.9 Å². The summed E-state index contributed by atoms with van der Waals surface area (Å²) in [5, 5.41) is 1.07. The number of benzene rings is 1. The average Bonchev–Trinajstić information content (AvgIpc) is 3.01. The van der Waals surface area contributed by atoms with Crippen molar-refractivity contribution in [3.63, 3.8) is 0 Å². The van der Waals surface area contributed by atoms with Crippen LogP contribution in [0.1, 0.15) is 5.56 Å². The van der Waals surface area contributed by atoms with Gasteiger partial charge in [-0.1, -0.05) is 22.0 Å². The Kier molecular flexibility index (Phi) is 2.47. The van der Waals surface area contributed by atoms with Crippen molar-refractivity contribution < 1.29 is 4.42 Å². The van der Waals surface area contributed by atoms with Crippen LogP contribution in [0.3, 0.4) is 0 Å². The molecule has 0 unspecified atom stereocenters. The van der Waals surface area contributed by atoms with Gasteiger partial charge in [-0.05, 0) is 42.8 Å². The highest BCUT2D eigenvalue weighted by Gasteiger charge is 2.11. The van der Waals surface area contributed by atoms with Crippen molar-refractivity contribution in [3.05, 3.63) is 58.8 Å². The summed E-state index contributed by atoms with van der Waals surface area (Å²) in [7, 11) is 0. The molecule has 0 bridgehead atoms. The molecule has 0 aliphatic heterocycles. The Morgan fingerprint density at radius 2 is 2.10 bits per heavy atom. The minimum atomic E-state index is 0.793. The number of rotatable bonds is 1. The molecule has 4 aromatic rings. The van der Waals surface area contributed by atoms with Crippen LogP contribution in [0.15, 0.2) is 57.7 Å². The number of nitrogens with zero attached hydrogens (tertiary/aromatic N) is 2. The second-order valence-electron chi connectivity index (χ2n) is 4.84. The Bertz CT molecular complexity index is 936. The smallest absolute Gasteiger partial charge is 0.155 e. The number of fused-ring (bicyclic) bond motifs is 2. The van der Waals surface area contributed by atoms with Crippen molar-refractivity contribution in [2.24, 2.45) is 0 Å². The second kappa shape index (κ2) is 4.21. The van der Waals surface area contributed by atoms with E-state index in [2.05, 4.69) is 33.9 Å². The van der Waals surface area contributed by atoms with Gasteiger partial charge in [0.25, 0.3) is 0 Å². The first-order valence-corrected chi connectivity index (χ1v) is 7.14. The molecule has 3 aromatic heterocycles. The highest BCUT2D eigenvalue weighted by atomic mass is 79.9. The van der Waals surface area contributed by atoms with Crippen LogP contribution in [0.4, 0.5) is 0 Å². The highest BCUT2D eigenvalue weighted by molar-refractivity contribution is 9.10. The molecular formula is C16H11BrN2O. The summed E-state index contributed by atoms with van der Waals surface area (Å²) in [6, 6.07) is 12.1. The minimum Gasteiger partial charge on any atom is -0.454 e. The largest absolute Gasteiger partial charge is 0.454 e. The van der Waals surface area contributed by atoms with E-state index in [1.807, 2.05) is 47.1 Å². The maximum absolute atomic E-state index is 5.88. The SMILES string of the molecule is Cc1cccn2cc(-c3cc4cc(Br)ccc4o3)nc12. The molecule has 0 spiro atoms. The maximum Gasteiger partial charge on any atom is 0.155 e. The molecule has 98 valence electrons. The van der Waals surface area contributed by atoms with Crippen molar-refractivity contribution in [2.75, 3.05) is 0 Å². The number of hydrogen-bond acceptors (Lipinski definition) is 2. The van der Waals surface area contributed by atoms with E-state index in [0.717, 1.165) is 38.1 Å². The highest BCUT2D eigenvalue weighted by Crippen LogP contribution is 2.29. The van der Waals surface area contributed by atoms with Gasteiger partial charge in [-0.25, -0.2) is 4.98 Å². The molecule has 3 nitrogen and oxygen atoms in total. The molecule has 0 saturated carbocycles. The Morgan fingerprint density at radius 1 is 1.20 bits per heavy atom. The third kappa shape index (κ3) is 1.76. The molecule has 3 heterocycles. The summed E-state index contributed by atoms with van der Waals surface area (Å²) in [5.41, 5.74) is 3.84. The van der Waals surface area contributed by atoms with Gasteiger partial charge in [0, 0.05) is 22.3 Å². The van der Waals surface area contributed by atoms with Gasteiger partial charge in [-0.3, -0.25) is 0 Å². The number of furan rings is 1. The number of hydrogen-bond donors (Lipinski definition) is 0. The lowest BCUT2D eigenvalue weighted by molar-refractivity contribution is 0.629. The monoisotopic (exact) mass is 326 g/mol. The van der Waals surface area contributed by atoms with E-state index < -0.39 is 0 Å². The number of aryl methyl sites for hydroxylation is 1. The maximum atomic E-state index is 5.88. The van der Waals surface area contributed by atoms with Crippen LogP contribution in [0, 0.1) is 6.92 Å². The molecule has 0 N–H and O–H groups in total. The van der Waals surface area contributed by atoms with Crippen molar-refractivity contribution in [2.45, 2.75) is 6.92 Å². The summed E-state index contributed by atoms with van der Waals surface area (Å²) < 4.78 is 8.95. The van der Waals surface area contributed by atoms with E-state index >= 15 is 0 Å². The van der Waals surface area contributed by atoms with Gasteiger partial charge in [0.2, 0.25) is 0 Å². The zero-order valence-corrected chi connectivity index (χ0v) is 12.4. The van der Waals surface area contributed by atoms with E-state index in [0.29, 0.717) is 0 Å². The fourth-order valence-corrected chi connectivity index (χ4v) is 2.79. The van der Waals surface area contributed by atoms with E-state index in [1.165, 1.54) is 0 Å². The number of aromatic nitrogens is 2. The predicted octanol–water partition coefficient (Wildman–Crippen LogP) is 4.82.